The second-order valence-corrected chi connectivity index (χ2v) is 10.9. The largest absolute Gasteiger partial charge is 0.278 e. The van der Waals surface area contributed by atoms with Gasteiger partial charge in [0, 0.05) is 21.9 Å². The van der Waals surface area contributed by atoms with Crippen molar-refractivity contribution >= 4 is 44.4 Å². The number of rotatable bonds is 7. The third-order valence-electron chi connectivity index (χ3n) is 5.06. The number of nitrogens with zero attached hydrogens (tertiary/aromatic N) is 3. The molecule has 4 aromatic rings. The normalized spacial score (nSPS) is 11.4. The quantitative estimate of drug-likeness (QED) is 0.274. The number of anilines is 1. The summed E-state index contributed by atoms with van der Waals surface area (Å²) in [6.07, 6.45) is 1.76. The minimum absolute atomic E-state index is 0.0677. The van der Waals surface area contributed by atoms with Crippen LogP contribution in [0.25, 0.3) is 10.2 Å². The molecule has 4 rings (SSSR count). The topological polar surface area (TPSA) is 46.1 Å². The minimum atomic E-state index is -0.0677. The van der Waals surface area contributed by atoms with E-state index in [1.54, 1.807) is 34.2 Å². The molecule has 0 saturated heterocycles. The fourth-order valence-electron chi connectivity index (χ4n) is 3.52. The van der Waals surface area contributed by atoms with Crippen molar-refractivity contribution in [1.82, 2.24) is 9.97 Å². The van der Waals surface area contributed by atoms with Crippen LogP contribution in [0.1, 0.15) is 55.2 Å². The third kappa shape index (κ3) is 5.03. The lowest BCUT2D eigenvalue weighted by Gasteiger charge is -2.20. The average molecular weight is 462 g/mol. The summed E-state index contributed by atoms with van der Waals surface area (Å²) < 4.78 is 1.09. The van der Waals surface area contributed by atoms with Crippen LogP contribution >= 0.6 is 23.1 Å². The first-order valence-electron chi connectivity index (χ1n) is 10.8. The number of aromatic nitrogens is 2. The van der Waals surface area contributed by atoms with E-state index in [2.05, 4.69) is 50.9 Å². The number of hydrogen-bond donors (Lipinski definition) is 0. The molecular weight excluding hydrogens is 434 g/mol. The highest BCUT2D eigenvalue weighted by Gasteiger charge is 2.23. The van der Waals surface area contributed by atoms with Crippen LogP contribution in [0.5, 0.6) is 0 Å². The molecule has 32 heavy (non-hydrogen) atoms. The van der Waals surface area contributed by atoms with E-state index in [-0.39, 0.29) is 5.91 Å². The van der Waals surface area contributed by atoms with Crippen LogP contribution in [0.15, 0.2) is 71.8 Å². The van der Waals surface area contributed by atoms with Crippen LogP contribution in [-0.4, -0.2) is 21.1 Å². The zero-order chi connectivity index (χ0) is 22.7. The highest BCUT2D eigenvalue weighted by Crippen LogP contribution is 2.35. The van der Waals surface area contributed by atoms with Gasteiger partial charge in [-0.25, -0.2) is 4.98 Å². The molecule has 0 radical (unpaired) electrons. The number of fused-ring (bicyclic) bond motifs is 1. The molecule has 1 amide bonds. The fraction of sp³-hybridized carbons (Fsp3) is 0.269. The van der Waals surface area contributed by atoms with E-state index < -0.39 is 0 Å². The lowest BCUT2D eigenvalue weighted by atomic mass is 10.0. The number of thiazole rings is 1. The molecule has 2 aromatic heterocycles. The van der Waals surface area contributed by atoms with E-state index in [1.807, 2.05) is 42.5 Å². The van der Waals surface area contributed by atoms with Crippen molar-refractivity contribution in [2.75, 3.05) is 4.90 Å². The predicted octanol–water partition coefficient (Wildman–Crippen LogP) is 7.16. The van der Waals surface area contributed by atoms with Crippen molar-refractivity contribution < 1.29 is 4.79 Å². The summed E-state index contributed by atoms with van der Waals surface area (Å²) in [6, 6.07) is 19.9. The number of para-hydroxylation sites is 1. The Balaban J connectivity index is 1.73. The molecule has 0 unspecified atom stereocenters. The molecule has 0 saturated carbocycles. The summed E-state index contributed by atoms with van der Waals surface area (Å²) in [5.74, 6) is 0.293. The SMILES string of the molecule is CC(C)Sc1ccc(C(=O)N(Cc2ccccn2)c2nc3c(C(C)C)cccc3s2)cc1. The Bertz CT molecular complexity index is 1200. The highest BCUT2D eigenvalue weighted by molar-refractivity contribution is 7.99. The molecule has 0 aliphatic heterocycles. The zero-order valence-electron chi connectivity index (χ0n) is 18.8. The molecule has 0 fully saturated rings. The molecule has 4 nitrogen and oxygen atoms in total. The second-order valence-electron chi connectivity index (χ2n) is 8.25. The molecule has 2 heterocycles. The first-order valence-corrected chi connectivity index (χ1v) is 12.5. The van der Waals surface area contributed by atoms with E-state index in [0.29, 0.717) is 28.4 Å². The maximum Gasteiger partial charge on any atom is 0.260 e. The zero-order valence-corrected chi connectivity index (χ0v) is 20.4. The van der Waals surface area contributed by atoms with Crippen LogP contribution in [0.3, 0.4) is 0 Å². The number of amides is 1. The van der Waals surface area contributed by atoms with Crippen LogP contribution < -0.4 is 4.90 Å². The second kappa shape index (κ2) is 9.84. The van der Waals surface area contributed by atoms with Gasteiger partial charge in [0.15, 0.2) is 5.13 Å². The van der Waals surface area contributed by atoms with Crippen LogP contribution in [-0.2, 0) is 6.54 Å². The Morgan fingerprint density at radius 2 is 1.78 bits per heavy atom. The molecular formula is C26H27N3OS2. The van der Waals surface area contributed by atoms with Crippen molar-refractivity contribution in [2.24, 2.45) is 0 Å². The van der Waals surface area contributed by atoms with Crippen LogP contribution in [0.4, 0.5) is 5.13 Å². The Kier molecular flexibility index (Phi) is 6.92. The minimum Gasteiger partial charge on any atom is -0.278 e. The highest BCUT2D eigenvalue weighted by atomic mass is 32.2. The Hall–Kier alpha value is -2.70. The summed E-state index contributed by atoms with van der Waals surface area (Å²) >= 11 is 3.34. The van der Waals surface area contributed by atoms with Gasteiger partial charge in [-0.05, 0) is 53.9 Å². The smallest absolute Gasteiger partial charge is 0.260 e. The average Bonchev–Trinajstić information content (AvgIpc) is 3.21. The summed E-state index contributed by atoms with van der Waals surface area (Å²) in [5, 5.41) is 1.19. The molecule has 2 aromatic carbocycles. The molecule has 0 atom stereocenters. The van der Waals surface area contributed by atoms with E-state index in [0.717, 1.165) is 20.8 Å². The summed E-state index contributed by atoms with van der Waals surface area (Å²) in [6.45, 7) is 9.04. The van der Waals surface area contributed by atoms with Gasteiger partial charge in [0.2, 0.25) is 0 Å². The van der Waals surface area contributed by atoms with Gasteiger partial charge in [-0.3, -0.25) is 14.7 Å². The van der Waals surface area contributed by atoms with Crippen molar-refractivity contribution in [2.45, 2.75) is 50.3 Å². The maximum absolute atomic E-state index is 13.6. The molecule has 0 spiro atoms. The Labute approximate surface area is 197 Å². The van der Waals surface area contributed by atoms with E-state index in [1.165, 1.54) is 5.56 Å². The van der Waals surface area contributed by atoms with E-state index >= 15 is 0 Å². The standard InChI is InChI=1S/C26H27N3OS2/c1-17(2)22-9-7-10-23-24(22)28-26(32-23)29(16-20-8-5-6-15-27-20)25(30)19-11-13-21(14-12-19)31-18(3)4/h5-15,17-18H,16H2,1-4H3. The fourth-order valence-corrected chi connectivity index (χ4v) is 5.36. The van der Waals surface area contributed by atoms with Crippen molar-refractivity contribution in [3.8, 4) is 0 Å². The molecule has 0 aliphatic rings. The molecule has 6 heteroatoms. The van der Waals surface area contributed by atoms with Crippen molar-refractivity contribution in [1.29, 1.82) is 0 Å². The predicted molar refractivity (Wildman–Crippen MR) is 136 cm³/mol. The maximum atomic E-state index is 13.6. The molecule has 0 N–H and O–H groups in total. The van der Waals surface area contributed by atoms with Crippen molar-refractivity contribution in [3.63, 3.8) is 0 Å². The molecule has 164 valence electrons. The summed E-state index contributed by atoms with van der Waals surface area (Å²) in [4.78, 5) is 25.9. The summed E-state index contributed by atoms with van der Waals surface area (Å²) in [5.41, 5.74) is 3.66. The van der Waals surface area contributed by atoms with Gasteiger partial charge < -0.3 is 0 Å². The van der Waals surface area contributed by atoms with Crippen LogP contribution in [0.2, 0.25) is 0 Å². The van der Waals surface area contributed by atoms with Gasteiger partial charge in [0.05, 0.1) is 22.5 Å². The number of carbonyl (C=O) groups excluding carboxylic acids is 1. The first kappa shape index (κ1) is 22.5. The van der Waals surface area contributed by atoms with Gasteiger partial charge in [-0.1, -0.05) is 57.2 Å². The molecule has 0 bridgehead atoms. The van der Waals surface area contributed by atoms with Crippen molar-refractivity contribution in [3.05, 3.63) is 83.7 Å². The number of benzene rings is 2. The lowest BCUT2D eigenvalue weighted by molar-refractivity contribution is 0.0984. The lowest BCUT2D eigenvalue weighted by Crippen LogP contribution is -2.30. The van der Waals surface area contributed by atoms with Gasteiger partial charge >= 0.3 is 0 Å². The van der Waals surface area contributed by atoms with Gasteiger partial charge in [0.1, 0.15) is 0 Å². The Morgan fingerprint density at radius 3 is 2.44 bits per heavy atom. The first-order chi connectivity index (χ1) is 15.4. The monoisotopic (exact) mass is 461 g/mol. The van der Waals surface area contributed by atoms with Gasteiger partial charge in [-0.15, -0.1) is 11.8 Å². The van der Waals surface area contributed by atoms with Crippen LogP contribution in [0, 0.1) is 0 Å². The molecule has 0 aliphatic carbocycles. The number of pyridine rings is 1. The van der Waals surface area contributed by atoms with Gasteiger partial charge in [0.25, 0.3) is 5.91 Å². The number of hydrogen-bond acceptors (Lipinski definition) is 5. The number of thioether (sulfide) groups is 1. The number of carbonyl (C=O) groups is 1. The van der Waals surface area contributed by atoms with Gasteiger partial charge in [-0.2, -0.15) is 0 Å². The summed E-state index contributed by atoms with van der Waals surface area (Å²) in [7, 11) is 0. The Morgan fingerprint density at radius 1 is 1.00 bits per heavy atom. The van der Waals surface area contributed by atoms with E-state index in [9.17, 15) is 4.79 Å². The third-order valence-corrected chi connectivity index (χ3v) is 7.12. The van der Waals surface area contributed by atoms with E-state index in [4.69, 9.17) is 4.98 Å².